The van der Waals surface area contributed by atoms with Crippen LogP contribution < -0.4 is 4.80 Å². The van der Waals surface area contributed by atoms with Crippen molar-refractivity contribution in [2.45, 2.75) is 78.2 Å². The van der Waals surface area contributed by atoms with E-state index in [9.17, 15) is 5.11 Å². The second kappa shape index (κ2) is 11.0. The zero-order valence-corrected chi connectivity index (χ0v) is 27.4. The lowest BCUT2D eigenvalue weighted by atomic mass is 9.47. The van der Waals surface area contributed by atoms with Gasteiger partial charge in [0, 0.05) is 27.2 Å². The SMILES string of the molecule is C/C(=N\N=c1\scc(-c2ccc(Br)cc2)n1-c1ccccc1)[C@H]1CC[C@H]2[C@@H]3CC=C4C[C@@H](O)CC[C@]4(C)[C@H]3CC[C@]12C. The minimum absolute atomic E-state index is 0.136. The minimum Gasteiger partial charge on any atom is -0.393 e. The first-order chi connectivity index (χ1) is 20.3. The van der Waals surface area contributed by atoms with Gasteiger partial charge in [0.25, 0.3) is 0 Å². The molecular weight excluding hydrogens is 602 g/mol. The number of rotatable bonds is 4. The number of aliphatic hydroxyl groups excluding tert-OH is 1. The molecule has 2 aromatic carbocycles. The topological polar surface area (TPSA) is 49.9 Å². The Morgan fingerprint density at radius 2 is 1.76 bits per heavy atom. The minimum atomic E-state index is -0.136. The Balaban J connectivity index is 1.20. The normalized spacial score (nSPS) is 34.9. The summed E-state index contributed by atoms with van der Waals surface area (Å²) in [5, 5.41) is 22.5. The van der Waals surface area contributed by atoms with Gasteiger partial charge in [-0.15, -0.1) is 16.4 Å². The first-order valence-corrected chi connectivity index (χ1v) is 17.4. The summed E-state index contributed by atoms with van der Waals surface area (Å²) >= 11 is 5.23. The Kier molecular flexibility index (Phi) is 7.47. The fraction of sp³-hybridized carbons (Fsp3) is 0.500. The van der Waals surface area contributed by atoms with Gasteiger partial charge in [-0.3, -0.25) is 4.57 Å². The number of halogens is 1. The second-order valence-corrected chi connectivity index (χ2v) is 15.5. The van der Waals surface area contributed by atoms with E-state index in [2.05, 4.69) is 107 Å². The van der Waals surface area contributed by atoms with Crippen LogP contribution in [0.15, 0.2) is 86.3 Å². The summed E-state index contributed by atoms with van der Waals surface area (Å²) in [4.78, 5) is 0.902. The maximum atomic E-state index is 10.4. The third-order valence-corrected chi connectivity index (χ3v) is 13.1. The quantitative estimate of drug-likeness (QED) is 0.172. The van der Waals surface area contributed by atoms with E-state index in [1.165, 1.54) is 37.8 Å². The molecule has 1 N–H and O–H groups in total. The van der Waals surface area contributed by atoms with Crippen LogP contribution in [0.3, 0.4) is 0 Å². The Bertz CT molecular complexity index is 1590. The van der Waals surface area contributed by atoms with Crippen molar-refractivity contribution in [3.63, 3.8) is 0 Å². The largest absolute Gasteiger partial charge is 0.393 e. The van der Waals surface area contributed by atoms with Crippen molar-refractivity contribution < 1.29 is 5.11 Å². The van der Waals surface area contributed by atoms with Gasteiger partial charge in [0.2, 0.25) is 4.80 Å². The highest BCUT2D eigenvalue weighted by Gasteiger charge is 2.59. The van der Waals surface area contributed by atoms with E-state index in [0.717, 1.165) is 63.2 Å². The number of para-hydroxylation sites is 1. The number of aromatic nitrogens is 1. The molecule has 4 aliphatic rings. The number of nitrogens with zero attached hydrogens (tertiary/aromatic N) is 3. The molecule has 42 heavy (non-hydrogen) atoms. The number of aliphatic hydroxyl groups is 1. The Labute approximate surface area is 262 Å². The molecular formula is C36H42BrN3OS. The Hall–Kier alpha value is -2.28. The molecule has 0 saturated heterocycles. The number of hydrogen-bond donors (Lipinski definition) is 1. The fourth-order valence-corrected chi connectivity index (χ4v) is 10.7. The van der Waals surface area contributed by atoms with Crippen LogP contribution in [0.25, 0.3) is 16.9 Å². The molecule has 4 nitrogen and oxygen atoms in total. The number of hydrogen-bond acceptors (Lipinski definition) is 4. The molecule has 0 spiro atoms. The molecule has 3 fully saturated rings. The fourth-order valence-electron chi connectivity index (χ4n) is 9.55. The standard InChI is InChI=1S/C36H42BrN3OS/c1-23(38-39-34-40(27-7-5-4-6-8-27)33(22-42-34)24-9-12-26(37)13-10-24)30-15-16-31-29-14-11-25-21-28(41)17-19-35(25,2)32(29)18-20-36(30,31)3/h4-13,22,28-32,41H,14-21H2,1-3H3/b38-23+,39-34+/t28-,29-,30+,31-,32-,35-,36+/m0/s1. The highest BCUT2D eigenvalue weighted by molar-refractivity contribution is 9.10. The first kappa shape index (κ1) is 28.5. The van der Waals surface area contributed by atoms with Crippen molar-refractivity contribution in [1.29, 1.82) is 0 Å². The third kappa shape index (κ3) is 4.73. The van der Waals surface area contributed by atoms with Crippen molar-refractivity contribution in [3.05, 3.63) is 80.9 Å². The monoisotopic (exact) mass is 643 g/mol. The van der Waals surface area contributed by atoms with E-state index in [-0.39, 0.29) is 16.9 Å². The molecule has 3 saturated carbocycles. The Morgan fingerprint density at radius 1 is 0.976 bits per heavy atom. The molecule has 1 heterocycles. The second-order valence-electron chi connectivity index (χ2n) is 13.8. The van der Waals surface area contributed by atoms with Gasteiger partial charge in [-0.2, -0.15) is 5.10 Å². The predicted octanol–water partition coefficient (Wildman–Crippen LogP) is 9.18. The van der Waals surface area contributed by atoms with E-state index >= 15 is 0 Å². The average molecular weight is 645 g/mol. The van der Waals surface area contributed by atoms with Gasteiger partial charge in [-0.05, 0) is 117 Å². The zero-order valence-electron chi connectivity index (χ0n) is 25.0. The van der Waals surface area contributed by atoms with Crippen LogP contribution in [0.4, 0.5) is 0 Å². The van der Waals surface area contributed by atoms with Crippen molar-refractivity contribution >= 4 is 33.0 Å². The van der Waals surface area contributed by atoms with E-state index in [1.54, 1.807) is 16.9 Å². The molecule has 4 aliphatic carbocycles. The van der Waals surface area contributed by atoms with Crippen molar-refractivity contribution in [2.24, 2.45) is 44.7 Å². The summed E-state index contributed by atoms with van der Waals surface area (Å²) in [6, 6.07) is 19.0. The summed E-state index contributed by atoms with van der Waals surface area (Å²) in [6.07, 6.45) is 11.7. The lowest BCUT2D eigenvalue weighted by molar-refractivity contribution is -0.0423. The van der Waals surface area contributed by atoms with Crippen LogP contribution in [0, 0.1) is 34.5 Å². The average Bonchev–Trinajstić information content (AvgIpc) is 3.58. The van der Waals surface area contributed by atoms with Gasteiger partial charge in [0.15, 0.2) is 0 Å². The van der Waals surface area contributed by atoms with Gasteiger partial charge in [0.05, 0.1) is 11.8 Å². The molecule has 6 heteroatoms. The number of allylic oxidation sites excluding steroid dienone is 1. The molecule has 1 aromatic heterocycles. The molecule has 0 amide bonds. The van der Waals surface area contributed by atoms with Gasteiger partial charge in [0.1, 0.15) is 0 Å². The highest BCUT2D eigenvalue weighted by atomic mass is 79.9. The molecule has 7 rings (SSSR count). The van der Waals surface area contributed by atoms with Crippen LogP contribution in [-0.4, -0.2) is 21.5 Å². The molecule has 220 valence electrons. The van der Waals surface area contributed by atoms with Crippen LogP contribution in [0.2, 0.25) is 0 Å². The van der Waals surface area contributed by atoms with E-state index in [1.807, 2.05) is 0 Å². The zero-order chi connectivity index (χ0) is 29.1. The van der Waals surface area contributed by atoms with E-state index < -0.39 is 0 Å². The van der Waals surface area contributed by atoms with Gasteiger partial charge >= 0.3 is 0 Å². The summed E-state index contributed by atoms with van der Waals surface area (Å²) in [5.74, 6) is 2.74. The van der Waals surface area contributed by atoms with Crippen LogP contribution in [0.1, 0.15) is 72.1 Å². The number of fused-ring (bicyclic) bond motifs is 5. The molecule has 7 atom stereocenters. The molecule has 0 unspecified atom stereocenters. The summed E-state index contributed by atoms with van der Waals surface area (Å²) < 4.78 is 3.31. The summed E-state index contributed by atoms with van der Waals surface area (Å²) in [5.41, 5.74) is 6.71. The van der Waals surface area contributed by atoms with E-state index in [4.69, 9.17) is 10.2 Å². The van der Waals surface area contributed by atoms with Crippen LogP contribution in [-0.2, 0) is 0 Å². The van der Waals surface area contributed by atoms with Gasteiger partial charge < -0.3 is 5.11 Å². The maximum absolute atomic E-state index is 10.4. The third-order valence-electron chi connectivity index (χ3n) is 11.7. The van der Waals surface area contributed by atoms with Gasteiger partial charge in [-0.25, -0.2) is 0 Å². The number of thiazole rings is 1. The maximum Gasteiger partial charge on any atom is 0.215 e. The van der Waals surface area contributed by atoms with Gasteiger partial charge in [-0.1, -0.05) is 71.8 Å². The predicted molar refractivity (Wildman–Crippen MR) is 177 cm³/mol. The number of benzene rings is 2. The van der Waals surface area contributed by atoms with Crippen molar-refractivity contribution in [2.75, 3.05) is 0 Å². The molecule has 0 radical (unpaired) electrons. The lowest BCUT2D eigenvalue weighted by Crippen LogP contribution is -2.50. The Morgan fingerprint density at radius 3 is 2.55 bits per heavy atom. The van der Waals surface area contributed by atoms with E-state index in [0.29, 0.717) is 5.92 Å². The lowest BCUT2D eigenvalue weighted by Gasteiger charge is -2.58. The summed E-state index contributed by atoms with van der Waals surface area (Å²) in [6.45, 7) is 7.32. The highest BCUT2D eigenvalue weighted by Crippen LogP contribution is 2.66. The van der Waals surface area contributed by atoms with Crippen LogP contribution in [0.5, 0.6) is 0 Å². The molecule has 3 aromatic rings. The van der Waals surface area contributed by atoms with Crippen molar-refractivity contribution in [1.82, 2.24) is 4.57 Å². The van der Waals surface area contributed by atoms with Crippen LogP contribution >= 0.6 is 27.3 Å². The smallest absolute Gasteiger partial charge is 0.215 e. The molecule has 0 bridgehead atoms. The van der Waals surface area contributed by atoms with Crippen molar-refractivity contribution in [3.8, 4) is 16.9 Å². The first-order valence-electron chi connectivity index (χ1n) is 15.8. The molecule has 0 aliphatic heterocycles. The summed E-state index contributed by atoms with van der Waals surface area (Å²) in [7, 11) is 0.